The normalized spacial score (nSPS) is 18.2. The monoisotopic (exact) mass is 279 g/mol. The minimum Gasteiger partial charge on any atom is -0.478 e. The molecule has 1 saturated heterocycles. The molecule has 1 aromatic carbocycles. The lowest BCUT2D eigenvalue weighted by Crippen LogP contribution is -2.31. The summed E-state index contributed by atoms with van der Waals surface area (Å²) >= 11 is 1.89. The van der Waals surface area contributed by atoms with E-state index in [4.69, 9.17) is 5.11 Å². The maximum Gasteiger partial charge on any atom is 0.335 e. The van der Waals surface area contributed by atoms with E-state index in [-0.39, 0.29) is 17.9 Å². The lowest BCUT2D eigenvalue weighted by Gasteiger charge is -2.11. The molecule has 5 heteroatoms. The number of rotatable bonds is 5. The van der Waals surface area contributed by atoms with E-state index in [1.54, 1.807) is 18.2 Å². The van der Waals surface area contributed by atoms with Crippen molar-refractivity contribution in [1.82, 2.24) is 5.32 Å². The third-order valence-corrected chi connectivity index (χ3v) is 4.55. The summed E-state index contributed by atoms with van der Waals surface area (Å²) in [6.45, 7) is 0.679. The summed E-state index contributed by atoms with van der Waals surface area (Å²) in [6, 6.07) is 6.63. The quantitative estimate of drug-likeness (QED) is 0.864. The number of hydrogen-bond acceptors (Lipinski definition) is 3. The molecule has 1 aliphatic heterocycles. The Morgan fingerprint density at radius 2 is 2.16 bits per heavy atom. The molecule has 4 nitrogen and oxygen atoms in total. The Kier molecular flexibility index (Phi) is 4.85. The average Bonchev–Trinajstić information content (AvgIpc) is 2.90. The van der Waals surface area contributed by atoms with Crippen LogP contribution >= 0.6 is 11.8 Å². The number of amides is 1. The van der Waals surface area contributed by atoms with E-state index in [1.807, 2.05) is 11.8 Å². The number of aromatic carboxylic acids is 1. The molecule has 1 atom stereocenters. The second-order valence-electron chi connectivity index (χ2n) is 4.58. The highest BCUT2D eigenvalue weighted by Gasteiger charge is 2.17. The molecule has 2 rings (SSSR count). The van der Waals surface area contributed by atoms with Gasteiger partial charge in [0.15, 0.2) is 0 Å². The first-order chi connectivity index (χ1) is 9.16. The number of carbonyl (C=O) groups is 2. The molecule has 0 aromatic heterocycles. The minimum atomic E-state index is -0.991. The fraction of sp³-hybridized carbons (Fsp3) is 0.429. The Morgan fingerprint density at radius 1 is 1.37 bits per heavy atom. The highest BCUT2D eigenvalue weighted by atomic mass is 32.2. The van der Waals surface area contributed by atoms with Gasteiger partial charge in [-0.05, 0) is 30.2 Å². The summed E-state index contributed by atoms with van der Waals surface area (Å²) in [5.41, 5.74) is 0.763. The topological polar surface area (TPSA) is 66.4 Å². The molecular weight excluding hydrogens is 262 g/mol. The van der Waals surface area contributed by atoms with Gasteiger partial charge in [0.2, 0.25) is 5.91 Å². The fourth-order valence-corrected chi connectivity index (χ4v) is 3.35. The molecule has 1 aliphatic rings. The molecule has 1 heterocycles. The number of carboxylic acids is 1. The Balaban J connectivity index is 1.89. The summed E-state index contributed by atoms with van der Waals surface area (Å²) in [5, 5.41) is 12.4. The molecule has 1 unspecified atom stereocenters. The van der Waals surface area contributed by atoms with Crippen LogP contribution in [0.5, 0.6) is 0 Å². The molecule has 1 aromatic rings. The van der Waals surface area contributed by atoms with Gasteiger partial charge in [-0.2, -0.15) is 11.8 Å². The molecule has 1 fully saturated rings. The van der Waals surface area contributed by atoms with E-state index in [2.05, 4.69) is 5.32 Å². The van der Waals surface area contributed by atoms with Crippen molar-refractivity contribution in [3.8, 4) is 0 Å². The summed E-state index contributed by atoms with van der Waals surface area (Å²) in [6.07, 6.45) is 2.49. The Labute approximate surface area is 116 Å². The van der Waals surface area contributed by atoms with E-state index < -0.39 is 5.97 Å². The van der Waals surface area contributed by atoms with Crippen LogP contribution in [-0.2, 0) is 11.2 Å². The lowest BCUT2D eigenvalue weighted by molar-refractivity contribution is -0.120. The van der Waals surface area contributed by atoms with Gasteiger partial charge in [0, 0.05) is 11.8 Å². The molecule has 0 aliphatic carbocycles. The standard InChI is InChI=1S/C14H17NO3S/c16-13(15-9-11-5-3-7-19-11)8-10-4-1-2-6-12(10)14(17)18/h1-2,4,6,11H,3,5,7-9H2,(H,15,16)(H,17,18). The fourth-order valence-electron chi connectivity index (χ4n) is 2.15. The SMILES string of the molecule is O=C(Cc1ccccc1C(=O)O)NCC1CCCS1. The van der Waals surface area contributed by atoms with Crippen molar-refractivity contribution in [3.05, 3.63) is 35.4 Å². The summed E-state index contributed by atoms with van der Waals surface area (Å²) in [4.78, 5) is 22.9. The highest BCUT2D eigenvalue weighted by Crippen LogP contribution is 2.25. The predicted octanol–water partition coefficient (Wildman–Crippen LogP) is 1.94. The number of carbonyl (C=O) groups excluding carboxylic acids is 1. The Bertz CT molecular complexity index is 470. The number of thioether (sulfide) groups is 1. The number of benzene rings is 1. The number of carboxylic acid groups (broad SMARTS) is 1. The second-order valence-corrected chi connectivity index (χ2v) is 5.99. The van der Waals surface area contributed by atoms with E-state index in [1.165, 1.54) is 18.2 Å². The third kappa shape index (κ3) is 3.99. The van der Waals surface area contributed by atoms with Crippen LogP contribution in [-0.4, -0.2) is 34.5 Å². The highest BCUT2D eigenvalue weighted by molar-refractivity contribution is 8.00. The van der Waals surface area contributed by atoms with Crippen LogP contribution in [0.2, 0.25) is 0 Å². The zero-order valence-corrected chi connectivity index (χ0v) is 11.4. The van der Waals surface area contributed by atoms with Gasteiger partial charge in [0.1, 0.15) is 0 Å². The molecule has 19 heavy (non-hydrogen) atoms. The van der Waals surface area contributed by atoms with Gasteiger partial charge >= 0.3 is 5.97 Å². The zero-order chi connectivity index (χ0) is 13.7. The van der Waals surface area contributed by atoms with Crippen molar-refractivity contribution in [2.24, 2.45) is 0 Å². The third-order valence-electron chi connectivity index (χ3n) is 3.15. The van der Waals surface area contributed by atoms with Crippen molar-refractivity contribution < 1.29 is 14.7 Å². The van der Waals surface area contributed by atoms with Crippen molar-refractivity contribution >= 4 is 23.6 Å². The van der Waals surface area contributed by atoms with Crippen molar-refractivity contribution in [1.29, 1.82) is 0 Å². The minimum absolute atomic E-state index is 0.110. The first-order valence-corrected chi connectivity index (χ1v) is 7.41. The van der Waals surface area contributed by atoms with Gasteiger partial charge in [-0.1, -0.05) is 18.2 Å². The Morgan fingerprint density at radius 3 is 2.84 bits per heavy atom. The van der Waals surface area contributed by atoms with E-state index in [9.17, 15) is 9.59 Å². The molecule has 0 saturated carbocycles. The van der Waals surface area contributed by atoms with Gasteiger partial charge in [-0.3, -0.25) is 4.79 Å². The van der Waals surface area contributed by atoms with Crippen LogP contribution in [0.3, 0.4) is 0 Å². The van der Waals surface area contributed by atoms with Crippen LogP contribution in [0.1, 0.15) is 28.8 Å². The molecular formula is C14H17NO3S. The molecule has 102 valence electrons. The van der Waals surface area contributed by atoms with Crippen molar-refractivity contribution in [2.45, 2.75) is 24.5 Å². The lowest BCUT2D eigenvalue weighted by atomic mass is 10.0. The van der Waals surface area contributed by atoms with Crippen molar-refractivity contribution in [2.75, 3.05) is 12.3 Å². The Hall–Kier alpha value is -1.49. The average molecular weight is 279 g/mol. The molecule has 0 bridgehead atoms. The molecule has 0 spiro atoms. The summed E-state index contributed by atoms with van der Waals surface area (Å²) < 4.78 is 0. The molecule has 0 radical (unpaired) electrons. The van der Waals surface area contributed by atoms with E-state index in [0.717, 1.165) is 6.42 Å². The van der Waals surface area contributed by atoms with Crippen LogP contribution in [0.15, 0.2) is 24.3 Å². The summed E-state index contributed by atoms with van der Waals surface area (Å²) in [5.74, 6) is 0.0681. The van der Waals surface area contributed by atoms with Crippen molar-refractivity contribution in [3.63, 3.8) is 0 Å². The summed E-state index contributed by atoms with van der Waals surface area (Å²) in [7, 11) is 0. The zero-order valence-electron chi connectivity index (χ0n) is 10.6. The van der Waals surface area contributed by atoms with Gasteiger partial charge in [-0.25, -0.2) is 4.79 Å². The van der Waals surface area contributed by atoms with Crippen LogP contribution < -0.4 is 5.32 Å². The van der Waals surface area contributed by atoms with Gasteiger partial charge in [0.05, 0.1) is 12.0 Å². The van der Waals surface area contributed by atoms with Gasteiger partial charge in [0.25, 0.3) is 0 Å². The molecule has 2 N–H and O–H groups in total. The number of hydrogen-bond donors (Lipinski definition) is 2. The van der Waals surface area contributed by atoms with Crippen LogP contribution in [0, 0.1) is 0 Å². The van der Waals surface area contributed by atoms with Gasteiger partial charge < -0.3 is 10.4 Å². The smallest absolute Gasteiger partial charge is 0.335 e. The predicted molar refractivity (Wildman–Crippen MR) is 75.6 cm³/mol. The maximum absolute atomic E-state index is 11.8. The van der Waals surface area contributed by atoms with Gasteiger partial charge in [-0.15, -0.1) is 0 Å². The maximum atomic E-state index is 11.8. The molecule has 1 amide bonds. The first kappa shape index (κ1) is 13.9. The van der Waals surface area contributed by atoms with Crippen LogP contribution in [0.25, 0.3) is 0 Å². The van der Waals surface area contributed by atoms with E-state index in [0.29, 0.717) is 17.4 Å². The first-order valence-electron chi connectivity index (χ1n) is 6.36. The van der Waals surface area contributed by atoms with E-state index >= 15 is 0 Å². The largest absolute Gasteiger partial charge is 0.478 e. The van der Waals surface area contributed by atoms with Crippen LogP contribution in [0.4, 0.5) is 0 Å². The second kappa shape index (κ2) is 6.61. The number of nitrogens with one attached hydrogen (secondary N) is 1.